The summed E-state index contributed by atoms with van der Waals surface area (Å²) in [6.45, 7) is 0. The molecule has 2 aromatic heterocycles. The number of hydrogen-bond acceptors (Lipinski definition) is 4. The van der Waals surface area contributed by atoms with E-state index in [0.29, 0.717) is 17.1 Å². The molecule has 6 nitrogen and oxygen atoms in total. The van der Waals surface area contributed by atoms with Gasteiger partial charge in [-0.15, -0.1) is 0 Å². The van der Waals surface area contributed by atoms with E-state index in [-0.39, 0.29) is 28.4 Å². The number of nitrogens with one attached hydrogen (secondary N) is 1. The molecule has 1 N–H and O–H groups in total. The van der Waals surface area contributed by atoms with Crippen LogP contribution in [0.15, 0.2) is 47.6 Å². The molecular weight excluding hydrogens is 407 g/mol. The topological polar surface area (TPSA) is 72.2 Å². The van der Waals surface area contributed by atoms with E-state index in [1.54, 1.807) is 36.4 Å². The molecule has 0 spiro atoms. The summed E-state index contributed by atoms with van der Waals surface area (Å²) in [5.74, 6) is -0.106. The molecule has 1 aromatic carbocycles. The molecule has 0 unspecified atom stereocenters. The van der Waals surface area contributed by atoms with Gasteiger partial charge in [0, 0.05) is 19.7 Å². The lowest BCUT2D eigenvalue weighted by atomic mass is 10.0. The first kappa shape index (κ1) is 19.1. The van der Waals surface area contributed by atoms with Gasteiger partial charge in [-0.25, -0.2) is 4.98 Å². The molecule has 1 aliphatic heterocycles. The van der Waals surface area contributed by atoms with Crippen LogP contribution in [0.1, 0.15) is 27.2 Å². The summed E-state index contributed by atoms with van der Waals surface area (Å²) in [5, 5.41) is 5.98. The first-order chi connectivity index (χ1) is 13.8. The van der Waals surface area contributed by atoms with Gasteiger partial charge in [-0.05, 0) is 23.8 Å². The summed E-state index contributed by atoms with van der Waals surface area (Å²) < 4.78 is 41.2. The molecule has 1 amide bonds. The third-order valence-corrected chi connectivity index (χ3v) is 4.84. The van der Waals surface area contributed by atoms with Gasteiger partial charge in [-0.3, -0.25) is 14.5 Å². The number of aromatic nitrogens is 3. The number of benzene rings is 1. The minimum atomic E-state index is -4.68. The van der Waals surface area contributed by atoms with Crippen molar-refractivity contribution < 1.29 is 18.0 Å². The van der Waals surface area contributed by atoms with Gasteiger partial charge in [0.05, 0.1) is 22.5 Å². The molecule has 10 heteroatoms. The number of aliphatic imine (C=N–C) groups is 1. The van der Waals surface area contributed by atoms with Crippen LogP contribution in [0.5, 0.6) is 0 Å². The Bertz CT molecular complexity index is 1140. The van der Waals surface area contributed by atoms with Crippen molar-refractivity contribution in [1.82, 2.24) is 14.8 Å². The number of hydrogen-bond donors (Lipinski definition) is 1. The largest absolute Gasteiger partial charge is 0.435 e. The summed E-state index contributed by atoms with van der Waals surface area (Å²) in [5.41, 5.74) is -0.0871. The molecule has 0 bridgehead atoms. The molecule has 4 rings (SSSR count). The number of nitrogens with zero attached hydrogens (tertiary/aromatic N) is 4. The van der Waals surface area contributed by atoms with Gasteiger partial charge in [-0.1, -0.05) is 29.8 Å². The second-order valence-electron chi connectivity index (χ2n) is 6.35. The van der Waals surface area contributed by atoms with Gasteiger partial charge >= 0.3 is 6.18 Å². The molecule has 3 heterocycles. The van der Waals surface area contributed by atoms with Gasteiger partial charge in [0.1, 0.15) is 11.0 Å². The van der Waals surface area contributed by atoms with E-state index in [1.165, 1.54) is 13.2 Å². The van der Waals surface area contributed by atoms with E-state index in [2.05, 4.69) is 20.4 Å². The van der Waals surface area contributed by atoms with E-state index < -0.39 is 17.8 Å². The highest BCUT2D eigenvalue weighted by atomic mass is 35.5. The Kier molecular flexibility index (Phi) is 4.62. The van der Waals surface area contributed by atoms with Gasteiger partial charge < -0.3 is 5.32 Å². The second kappa shape index (κ2) is 7.00. The zero-order chi connectivity index (χ0) is 20.8. The zero-order valence-corrected chi connectivity index (χ0v) is 15.7. The standard InChI is InChI=1S/C19H13ClF3N5O/c1-28-17(20)14(16(27-28)19(21,22)23)12-9-10-5-4-6-11(15(10)25-12)18(29)26-13-7-2-3-8-24-13/h2-8H,9H2,1H3,(H,24,26,29). The minimum absolute atomic E-state index is 0.106. The molecule has 1 aliphatic rings. The van der Waals surface area contributed by atoms with Crippen molar-refractivity contribution in [2.75, 3.05) is 5.32 Å². The maximum Gasteiger partial charge on any atom is 0.435 e. The van der Waals surface area contributed by atoms with Crippen molar-refractivity contribution in [1.29, 1.82) is 0 Å². The number of para-hydroxylation sites is 1. The number of rotatable bonds is 3. The summed E-state index contributed by atoms with van der Waals surface area (Å²) in [6.07, 6.45) is -3.05. The molecule has 0 radical (unpaired) electrons. The van der Waals surface area contributed by atoms with Crippen LogP contribution in [-0.2, 0) is 19.6 Å². The Labute approximate surface area is 168 Å². The molecule has 0 fully saturated rings. The molecule has 0 aliphatic carbocycles. The molecule has 29 heavy (non-hydrogen) atoms. The summed E-state index contributed by atoms with van der Waals surface area (Å²) in [6, 6.07) is 9.97. The van der Waals surface area contributed by atoms with Gasteiger partial charge in [0.15, 0.2) is 5.69 Å². The molecule has 0 atom stereocenters. The average Bonchev–Trinajstić information content (AvgIpc) is 3.23. The smallest absolute Gasteiger partial charge is 0.306 e. The number of fused-ring (bicyclic) bond motifs is 1. The first-order valence-electron chi connectivity index (χ1n) is 8.47. The Morgan fingerprint density at radius 2 is 2.00 bits per heavy atom. The van der Waals surface area contributed by atoms with Crippen LogP contribution in [-0.4, -0.2) is 26.4 Å². The predicted molar refractivity (Wildman–Crippen MR) is 102 cm³/mol. The van der Waals surface area contributed by atoms with Crippen LogP contribution in [0, 0.1) is 0 Å². The Morgan fingerprint density at radius 1 is 1.21 bits per heavy atom. The fourth-order valence-corrected chi connectivity index (χ4v) is 3.36. The van der Waals surface area contributed by atoms with Crippen LogP contribution in [0.2, 0.25) is 5.15 Å². The monoisotopic (exact) mass is 419 g/mol. The zero-order valence-electron chi connectivity index (χ0n) is 15.0. The number of pyridine rings is 1. The lowest BCUT2D eigenvalue weighted by Crippen LogP contribution is -2.13. The third-order valence-electron chi connectivity index (χ3n) is 4.41. The van der Waals surface area contributed by atoms with Gasteiger partial charge in [0.25, 0.3) is 5.91 Å². The number of amides is 1. The van der Waals surface area contributed by atoms with Crippen molar-refractivity contribution in [3.8, 4) is 0 Å². The third kappa shape index (κ3) is 3.49. The Balaban J connectivity index is 1.74. The highest BCUT2D eigenvalue weighted by Gasteiger charge is 2.41. The number of aryl methyl sites for hydroxylation is 1. The number of carbonyl (C=O) groups is 1. The van der Waals surface area contributed by atoms with Crippen molar-refractivity contribution in [2.45, 2.75) is 12.6 Å². The van der Waals surface area contributed by atoms with E-state index in [1.807, 2.05) is 0 Å². The molecule has 148 valence electrons. The average molecular weight is 420 g/mol. The molecule has 0 saturated carbocycles. The normalized spacial score (nSPS) is 13.2. The van der Waals surface area contributed by atoms with Gasteiger partial charge in [-0.2, -0.15) is 18.3 Å². The highest BCUT2D eigenvalue weighted by molar-refractivity contribution is 6.34. The van der Waals surface area contributed by atoms with E-state index >= 15 is 0 Å². The quantitative estimate of drug-likeness (QED) is 0.683. The second-order valence-corrected chi connectivity index (χ2v) is 6.71. The van der Waals surface area contributed by atoms with E-state index in [4.69, 9.17) is 11.6 Å². The van der Waals surface area contributed by atoms with Crippen molar-refractivity contribution >= 4 is 34.7 Å². The van der Waals surface area contributed by atoms with Crippen LogP contribution >= 0.6 is 11.6 Å². The highest BCUT2D eigenvalue weighted by Crippen LogP contribution is 2.39. The fraction of sp³-hybridized carbons (Fsp3) is 0.158. The SMILES string of the molecule is Cn1nc(C(F)(F)F)c(C2=Nc3c(cccc3C(=O)Nc3ccccn3)C2)c1Cl. The molecular formula is C19H13ClF3N5O. The van der Waals surface area contributed by atoms with Crippen molar-refractivity contribution in [3.05, 3.63) is 70.1 Å². The minimum Gasteiger partial charge on any atom is -0.306 e. The fourth-order valence-electron chi connectivity index (χ4n) is 3.13. The summed E-state index contributed by atoms with van der Waals surface area (Å²) in [7, 11) is 1.33. The molecule has 3 aromatic rings. The predicted octanol–water partition coefficient (Wildman–Crippen LogP) is 4.42. The number of anilines is 1. The lowest BCUT2D eigenvalue weighted by Gasteiger charge is -2.07. The van der Waals surface area contributed by atoms with Crippen LogP contribution < -0.4 is 5.32 Å². The summed E-state index contributed by atoms with van der Waals surface area (Å²) in [4.78, 5) is 21.0. The summed E-state index contributed by atoms with van der Waals surface area (Å²) >= 11 is 6.08. The maximum absolute atomic E-state index is 13.4. The number of alkyl halides is 3. The maximum atomic E-state index is 13.4. The first-order valence-corrected chi connectivity index (χ1v) is 8.85. The number of carbonyl (C=O) groups excluding carboxylic acids is 1. The van der Waals surface area contributed by atoms with E-state index in [0.717, 1.165) is 4.68 Å². The van der Waals surface area contributed by atoms with Gasteiger partial charge in [0.2, 0.25) is 0 Å². The Hall–Kier alpha value is -3.20. The number of halogens is 4. The van der Waals surface area contributed by atoms with Crippen LogP contribution in [0.25, 0.3) is 0 Å². The Morgan fingerprint density at radius 3 is 2.69 bits per heavy atom. The van der Waals surface area contributed by atoms with E-state index in [9.17, 15) is 18.0 Å². The van der Waals surface area contributed by atoms with Crippen molar-refractivity contribution in [3.63, 3.8) is 0 Å². The van der Waals surface area contributed by atoms with Crippen LogP contribution in [0.3, 0.4) is 0 Å². The lowest BCUT2D eigenvalue weighted by molar-refractivity contribution is -0.141. The van der Waals surface area contributed by atoms with Crippen molar-refractivity contribution in [2.24, 2.45) is 12.0 Å². The van der Waals surface area contributed by atoms with Crippen LogP contribution in [0.4, 0.5) is 24.7 Å². The molecule has 0 saturated heterocycles.